The summed E-state index contributed by atoms with van der Waals surface area (Å²) < 4.78 is 0. The van der Waals surface area contributed by atoms with Crippen LogP contribution in [0.1, 0.15) is 45.8 Å². The van der Waals surface area contributed by atoms with E-state index >= 15 is 0 Å². The van der Waals surface area contributed by atoms with Crippen LogP contribution in [0.5, 0.6) is 0 Å². The first-order valence-electron chi connectivity index (χ1n) is 7.74. The zero-order valence-electron chi connectivity index (χ0n) is 12.7. The Morgan fingerprint density at radius 2 is 2.09 bits per heavy atom. The summed E-state index contributed by atoms with van der Waals surface area (Å²) in [5.74, 6) is 0.523. The minimum absolute atomic E-state index is 0.0540. The molecule has 4 nitrogen and oxygen atoms in total. The van der Waals surface area contributed by atoms with Crippen LogP contribution < -0.4 is 5.56 Å². The number of amides is 1. The fraction of sp³-hybridized carbons (Fsp3) is 0.412. The van der Waals surface area contributed by atoms with Crippen molar-refractivity contribution in [1.82, 2.24) is 9.88 Å². The van der Waals surface area contributed by atoms with Gasteiger partial charge in [-0.3, -0.25) is 9.59 Å². The number of pyridine rings is 1. The maximum atomic E-state index is 12.5. The number of rotatable bonds is 3. The third kappa shape index (κ3) is 3.14. The number of piperidine rings is 1. The molecule has 116 valence electrons. The van der Waals surface area contributed by atoms with Crippen LogP contribution in [0.4, 0.5) is 0 Å². The maximum Gasteiger partial charge on any atom is 0.263 e. The van der Waals surface area contributed by atoms with Crippen molar-refractivity contribution in [2.24, 2.45) is 0 Å². The van der Waals surface area contributed by atoms with E-state index in [0.29, 0.717) is 5.92 Å². The zero-order valence-corrected chi connectivity index (χ0v) is 13.5. The van der Waals surface area contributed by atoms with E-state index in [1.807, 2.05) is 23.1 Å². The quantitative estimate of drug-likeness (QED) is 0.946. The SMILES string of the molecule is CCc1ccc(C(=O)N2CCC(c3cc[nH]c(=O)c3)CC2)s1. The van der Waals surface area contributed by atoms with Gasteiger partial charge >= 0.3 is 0 Å². The second kappa shape index (κ2) is 6.48. The number of carbonyl (C=O) groups excluding carboxylic acids is 1. The van der Waals surface area contributed by atoms with Crippen molar-refractivity contribution in [1.29, 1.82) is 0 Å². The summed E-state index contributed by atoms with van der Waals surface area (Å²) in [6.07, 6.45) is 4.51. The number of hydrogen-bond acceptors (Lipinski definition) is 3. The summed E-state index contributed by atoms with van der Waals surface area (Å²) >= 11 is 1.60. The number of H-pyrrole nitrogens is 1. The molecule has 1 aliphatic rings. The van der Waals surface area contributed by atoms with Crippen molar-refractivity contribution in [2.75, 3.05) is 13.1 Å². The smallest absolute Gasteiger partial charge is 0.263 e. The van der Waals surface area contributed by atoms with Crippen LogP contribution in [0.3, 0.4) is 0 Å². The van der Waals surface area contributed by atoms with E-state index < -0.39 is 0 Å². The van der Waals surface area contributed by atoms with Crippen LogP contribution >= 0.6 is 11.3 Å². The van der Waals surface area contributed by atoms with Gasteiger partial charge in [0.1, 0.15) is 0 Å². The molecule has 0 atom stereocenters. The summed E-state index contributed by atoms with van der Waals surface area (Å²) in [6.45, 7) is 3.62. The van der Waals surface area contributed by atoms with Crippen molar-refractivity contribution in [3.8, 4) is 0 Å². The van der Waals surface area contributed by atoms with E-state index in [1.54, 1.807) is 23.6 Å². The van der Waals surface area contributed by atoms with Gasteiger partial charge in [0, 0.05) is 30.2 Å². The highest BCUT2D eigenvalue weighted by Crippen LogP contribution is 2.28. The van der Waals surface area contributed by atoms with Gasteiger partial charge in [0.2, 0.25) is 5.56 Å². The van der Waals surface area contributed by atoms with Gasteiger partial charge in [0.05, 0.1) is 4.88 Å². The molecule has 5 heteroatoms. The van der Waals surface area contributed by atoms with Gasteiger partial charge in [-0.05, 0) is 48.9 Å². The van der Waals surface area contributed by atoms with Crippen molar-refractivity contribution in [3.05, 3.63) is 56.1 Å². The van der Waals surface area contributed by atoms with E-state index in [0.717, 1.165) is 42.8 Å². The molecule has 22 heavy (non-hydrogen) atoms. The second-order valence-electron chi connectivity index (χ2n) is 5.67. The largest absolute Gasteiger partial charge is 0.338 e. The zero-order chi connectivity index (χ0) is 15.5. The summed E-state index contributed by atoms with van der Waals surface area (Å²) in [5.41, 5.74) is 1.03. The van der Waals surface area contributed by atoms with Crippen molar-refractivity contribution in [3.63, 3.8) is 0 Å². The van der Waals surface area contributed by atoms with Gasteiger partial charge in [-0.2, -0.15) is 0 Å². The molecule has 0 aromatic carbocycles. The number of nitrogens with zero attached hydrogens (tertiary/aromatic N) is 1. The number of carbonyl (C=O) groups is 1. The Morgan fingerprint density at radius 3 is 2.73 bits per heavy atom. The highest BCUT2D eigenvalue weighted by molar-refractivity contribution is 7.14. The molecule has 0 unspecified atom stereocenters. The molecule has 2 aromatic rings. The van der Waals surface area contributed by atoms with E-state index in [-0.39, 0.29) is 11.5 Å². The predicted octanol–water partition coefficient (Wildman–Crippen LogP) is 3.02. The molecule has 1 fully saturated rings. The predicted molar refractivity (Wildman–Crippen MR) is 88.6 cm³/mol. The molecule has 1 N–H and O–H groups in total. The summed E-state index contributed by atoms with van der Waals surface area (Å²) in [4.78, 5) is 30.6. The lowest BCUT2D eigenvalue weighted by atomic mass is 9.90. The maximum absolute atomic E-state index is 12.5. The molecule has 2 aromatic heterocycles. The molecule has 0 aliphatic carbocycles. The van der Waals surface area contributed by atoms with Crippen LogP contribution in [0.2, 0.25) is 0 Å². The Balaban J connectivity index is 1.64. The number of likely N-dealkylation sites (tertiary alicyclic amines) is 1. The first kappa shape index (κ1) is 15.0. The van der Waals surface area contributed by atoms with Crippen LogP contribution in [-0.2, 0) is 6.42 Å². The Labute approximate surface area is 133 Å². The third-order valence-electron chi connectivity index (χ3n) is 4.27. The lowest BCUT2D eigenvalue weighted by Crippen LogP contribution is -2.37. The summed E-state index contributed by atoms with van der Waals surface area (Å²) in [5, 5.41) is 0. The Morgan fingerprint density at radius 1 is 1.32 bits per heavy atom. The fourth-order valence-electron chi connectivity index (χ4n) is 2.97. The highest BCUT2D eigenvalue weighted by atomic mass is 32.1. The minimum atomic E-state index is -0.0540. The van der Waals surface area contributed by atoms with Crippen molar-refractivity contribution in [2.45, 2.75) is 32.1 Å². The average molecular weight is 316 g/mol. The molecule has 1 aliphatic heterocycles. The minimum Gasteiger partial charge on any atom is -0.338 e. The number of aromatic nitrogens is 1. The average Bonchev–Trinajstić information content (AvgIpc) is 3.03. The van der Waals surface area contributed by atoms with E-state index in [1.165, 1.54) is 4.88 Å². The second-order valence-corrected chi connectivity index (χ2v) is 6.84. The topological polar surface area (TPSA) is 53.2 Å². The molecule has 0 radical (unpaired) electrons. The van der Waals surface area contributed by atoms with E-state index in [2.05, 4.69) is 11.9 Å². The lowest BCUT2D eigenvalue weighted by Gasteiger charge is -2.31. The van der Waals surface area contributed by atoms with Gasteiger partial charge in [0.15, 0.2) is 0 Å². The standard InChI is InChI=1S/C17H20N2O2S/c1-2-14-3-4-15(22-14)17(21)19-9-6-12(7-10-19)13-5-8-18-16(20)11-13/h3-5,8,11-12H,2,6-7,9-10H2,1H3,(H,18,20). The lowest BCUT2D eigenvalue weighted by molar-refractivity contribution is 0.0718. The third-order valence-corrected chi connectivity index (χ3v) is 5.49. The number of thiophene rings is 1. The number of hydrogen-bond donors (Lipinski definition) is 1. The first-order chi connectivity index (χ1) is 10.7. The normalized spacial score (nSPS) is 16.0. The molecule has 0 saturated carbocycles. The molecule has 0 bridgehead atoms. The van der Waals surface area contributed by atoms with Gasteiger partial charge in [-0.25, -0.2) is 0 Å². The number of nitrogens with one attached hydrogen (secondary N) is 1. The molecular weight excluding hydrogens is 296 g/mol. The van der Waals surface area contributed by atoms with Crippen LogP contribution in [-0.4, -0.2) is 28.9 Å². The van der Waals surface area contributed by atoms with Gasteiger partial charge in [-0.15, -0.1) is 11.3 Å². The first-order valence-corrected chi connectivity index (χ1v) is 8.55. The highest BCUT2D eigenvalue weighted by Gasteiger charge is 2.25. The van der Waals surface area contributed by atoms with Crippen LogP contribution in [0.25, 0.3) is 0 Å². The van der Waals surface area contributed by atoms with Crippen molar-refractivity contribution < 1.29 is 4.79 Å². The molecule has 0 spiro atoms. The number of aromatic amines is 1. The molecule has 1 amide bonds. The summed E-state index contributed by atoms with van der Waals surface area (Å²) in [6, 6.07) is 7.63. The Kier molecular flexibility index (Phi) is 4.43. The number of aryl methyl sites for hydroxylation is 1. The van der Waals surface area contributed by atoms with Gasteiger partial charge < -0.3 is 9.88 Å². The molecule has 1 saturated heterocycles. The van der Waals surface area contributed by atoms with Crippen molar-refractivity contribution >= 4 is 17.2 Å². The van der Waals surface area contributed by atoms with Crippen LogP contribution in [0.15, 0.2) is 35.3 Å². The van der Waals surface area contributed by atoms with E-state index in [4.69, 9.17) is 0 Å². The summed E-state index contributed by atoms with van der Waals surface area (Å²) in [7, 11) is 0. The van der Waals surface area contributed by atoms with E-state index in [9.17, 15) is 9.59 Å². The molecular formula is C17H20N2O2S. The monoisotopic (exact) mass is 316 g/mol. The Hall–Kier alpha value is -1.88. The van der Waals surface area contributed by atoms with Gasteiger partial charge in [-0.1, -0.05) is 6.92 Å². The fourth-order valence-corrected chi connectivity index (χ4v) is 3.89. The van der Waals surface area contributed by atoms with Gasteiger partial charge in [0.25, 0.3) is 5.91 Å². The Bertz CT molecular complexity index is 711. The molecule has 3 rings (SSSR count). The van der Waals surface area contributed by atoms with Crippen LogP contribution in [0, 0.1) is 0 Å². The molecule has 3 heterocycles.